The van der Waals surface area contributed by atoms with E-state index in [1.807, 2.05) is 16.4 Å². The molecule has 1 aromatic rings. The Morgan fingerprint density at radius 2 is 2.25 bits per heavy atom. The van der Waals surface area contributed by atoms with Crippen molar-refractivity contribution in [3.63, 3.8) is 0 Å². The van der Waals surface area contributed by atoms with Gasteiger partial charge in [-0.15, -0.1) is 0 Å². The van der Waals surface area contributed by atoms with Gasteiger partial charge < -0.3 is 9.80 Å². The van der Waals surface area contributed by atoms with Crippen LogP contribution in [0.1, 0.15) is 21.7 Å². The third-order valence-corrected chi connectivity index (χ3v) is 4.69. The van der Waals surface area contributed by atoms with Crippen LogP contribution in [-0.4, -0.2) is 71.6 Å². The lowest BCUT2D eigenvalue weighted by Gasteiger charge is -2.21. The van der Waals surface area contributed by atoms with Gasteiger partial charge in [0.1, 0.15) is 5.69 Å². The zero-order valence-corrected chi connectivity index (χ0v) is 13.6. The van der Waals surface area contributed by atoms with E-state index >= 15 is 0 Å². The summed E-state index contributed by atoms with van der Waals surface area (Å²) < 4.78 is 1.92. The van der Waals surface area contributed by atoms with E-state index in [9.17, 15) is 4.79 Å². The summed E-state index contributed by atoms with van der Waals surface area (Å²) in [5.74, 6) is 0. The highest BCUT2D eigenvalue weighted by Gasteiger charge is 2.23. The Balaban J connectivity index is 2.21. The van der Waals surface area contributed by atoms with E-state index in [1.165, 1.54) is 0 Å². The summed E-state index contributed by atoms with van der Waals surface area (Å²) in [6, 6.07) is 0. The maximum absolute atomic E-state index is 11.5. The Hall–Kier alpha value is -0.850. The van der Waals surface area contributed by atoms with Gasteiger partial charge in [-0.05, 0) is 27.4 Å². The van der Waals surface area contributed by atoms with Gasteiger partial charge in [-0.3, -0.25) is 9.48 Å². The van der Waals surface area contributed by atoms with Gasteiger partial charge >= 0.3 is 0 Å². The number of aromatic nitrogens is 2. The van der Waals surface area contributed by atoms with E-state index in [-0.39, 0.29) is 0 Å². The molecule has 1 aliphatic rings. The zero-order valence-electron chi connectivity index (χ0n) is 12.8. The van der Waals surface area contributed by atoms with Crippen molar-refractivity contribution in [1.82, 2.24) is 19.6 Å². The van der Waals surface area contributed by atoms with Crippen LogP contribution in [0.5, 0.6) is 0 Å². The third-order valence-electron chi connectivity index (χ3n) is 3.73. The fourth-order valence-electron chi connectivity index (χ4n) is 2.66. The van der Waals surface area contributed by atoms with Crippen LogP contribution in [0.25, 0.3) is 0 Å². The molecule has 0 fully saturated rings. The van der Waals surface area contributed by atoms with Crippen LogP contribution >= 0.6 is 11.8 Å². The molecular weight excluding hydrogens is 272 g/mol. The summed E-state index contributed by atoms with van der Waals surface area (Å²) in [6.45, 7) is 3.64. The second kappa shape index (κ2) is 6.74. The number of aldehydes is 1. The van der Waals surface area contributed by atoms with Crippen LogP contribution < -0.4 is 0 Å². The van der Waals surface area contributed by atoms with Crippen molar-refractivity contribution in [2.75, 3.05) is 40.5 Å². The molecule has 5 nitrogen and oxygen atoms in total. The fraction of sp³-hybridized carbons (Fsp3) is 0.714. The van der Waals surface area contributed by atoms with Crippen LogP contribution in [0.4, 0.5) is 0 Å². The lowest BCUT2D eigenvalue weighted by atomic mass is 10.1. The van der Waals surface area contributed by atoms with Crippen LogP contribution in [0, 0.1) is 0 Å². The van der Waals surface area contributed by atoms with E-state index in [2.05, 4.69) is 42.3 Å². The van der Waals surface area contributed by atoms with Gasteiger partial charge in [-0.25, -0.2) is 0 Å². The lowest BCUT2D eigenvalue weighted by Crippen LogP contribution is -2.28. The van der Waals surface area contributed by atoms with Crippen molar-refractivity contribution >= 4 is 18.0 Å². The van der Waals surface area contributed by atoms with Crippen LogP contribution in [0.2, 0.25) is 0 Å². The van der Waals surface area contributed by atoms with Crippen molar-refractivity contribution < 1.29 is 4.79 Å². The van der Waals surface area contributed by atoms with Crippen LogP contribution in [0.3, 0.4) is 0 Å². The van der Waals surface area contributed by atoms with E-state index in [1.54, 1.807) is 0 Å². The minimum atomic E-state index is 0.447. The minimum Gasteiger partial charge on any atom is -0.308 e. The molecule has 0 radical (unpaired) electrons. The number of carbonyl (C=O) groups is 1. The van der Waals surface area contributed by atoms with Gasteiger partial charge in [0.2, 0.25) is 0 Å². The highest BCUT2D eigenvalue weighted by Crippen LogP contribution is 2.22. The van der Waals surface area contributed by atoms with E-state index in [4.69, 9.17) is 0 Å². The summed E-state index contributed by atoms with van der Waals surface area (Å²) in [6.07, 6.45) is 4.03. The van der Waals surface area contributed by atoms with Crippen molar-refractivity contribution in [3.8, 4) is 0 Å². The van der Waals surface area contributed by atoms with Crippen molar-refractivity contribution in [3.05, 3.63) is 17.0 Å². The smallest absolute Gasteiger partial charge is 0.168 e. The number of thioether (sulfide) groups is 1. The Morgan fingerprint density at radius 1 is 1.50 bits per heavy atom. The molecule has 0 aliphatic carbocycles. The molecule has 0 bridgehead atoms. The normalized spacial score (nSPS) is 17.2. The summed E-state index contributed by atoms with van der Waals surface area (Å²) >= 11 is 1.83. The molecule has 0 saturated carbocycles. The van der Waals surface area contributed by atoms with Crippen LogP contribution in [-0.2, 0) is 19.5 Å². The summed E-state index contributed by atoms with van der Waals surface area (Å²) in [4.78, 5) is 15.9. The molecule has 20 heavy (non-hydrogen) atoms. The largest absolute Gasteiger partial charge is 0.308 e. The van der Waals surface area contributed by atoms with Gasteiger partial charge in [0, 0.05) is 36.9 Å². The second-order valence-corrected chi connectivity index (χ2v) is 6.86. The predicted octanol–water partition coefficient (Wildman–Crippen LogP) is 0.977. The van der Waals surface area contributed by atoms with Gasteiger partial charge in [0.05, 0.1) is 12.2 Å². The Bertz CT molecular complexity index is 472. The molecule has 2 heterocycles. The summed E-state index contributed by atoms with van der Waals surface area (Å²) in [5, 5.41) is 5.12. The van der Waals surface area contributed by atoms with Crippen molar-refractivity contribution in [2.24, 2.45) is 0 Å². The highest BCUT2D eigenvalue weighted by atomic mass is 32.2. The number of fused-ring (bicyclic) bond motifs is 1. The molecule has 1 aromatic heterocycles. The van der Waals surface area contributed by atoms with Gasteiger partial charge in [0.25, 0.3) is 0 Å². The first-order chi connectivity index (χ1) is 9.55. The fourth-order valence-corrected chi connectivity index (χ4v) is 3.40. The summed E-state index contributed by atoms with van der Waals surface area (Å²) in [5.41, 5.74) is 3.00. The molecule has 0 N–H and O–H groups in total. The van der Waals surface area contributed by atoms with E-state index in [0.717, 1.165) is 55.8 Å². The molecule has 2 rings (SSSR count). The molecule has 1 unspecified atom stereocenters. The third kappa shape index (κ3) is 3.42. The number of hydrogen-bond acceptors (Lipinski definition) is 5. The van der Waals surface area contributed by atoms with Crippen molar-refractivity contribution in [2.45, 2.75) is 24.8 Å². The van der Waals surface area contributed by atoms with Crippen molar-refractivity contribution in [1.29, 1.82) is 0 Å². The quantitative estimate of drug-likeness (QED) is 0.732. The zero-order chi connectivity index (χ0) is 14.7. The van der Waals surface area contributed by atoms with Gasteiger partial charge in [-0.1, -0.05) is 0 Å². The van der Waals surface area contributed by atoms with Crippen LogP contribution in [0.15, 0.2) is 0 Å². The monoisotopic (exact) mass is 296 g/mol. The SMILES string of the molecule is CSC(CN(C)C)Cn1nc2c(c1C=O)CN(C)CC2. The first-order valence-electron chi connectivity index (χ1n) is 6.95. The first-order valence-corrected chi connectivity index (χ1v) is 8.23. The molecule has 1 aliphatic heterocycles. The maximum atomic E-state index is 11.5. The predicted molar refractivity (Wildman–Crippen MR) is 83.5 cm³/mol. The van der Waals surface area contributed by atoms with Gasteiger partial charge in [-0.2, -0.15) is 16.9 Å². The standard InChI is InChI=1S/C14H24N4OS/c1-16(2)7-11(20-4)8-18-14(10-19)12-9-17(3)6-5-13(12)15-18/h10-11H,5-9H2,1-4H3. The highest BCUT2D eigenvalue weighted by molar-refractivity contribution is 7.99. The Labute approximate surface area is 125 Å². The molecule has 0 aromatic carbocycles. The number of hydrogen-bond donors (Lipinski definition) is 0. The Morgan fingerprint density at radius 3 is 2.85 bits per heavy atom. The minimum absolute atomic E-state index is 0.447. The Kier molecular flexibility index (Phi) is 5.23. The average molecular weight is 296 g/mol. The molecule has 0 saturated heterocycles. The number of rotatable bonds is 6. The molecular formula is C14H24N4OS. The topological polar surface area (TPSA) is 41.4 Å². The van der Waals surface area contributed by atoms with Gasteiger partial charge in [0.15, 0.2) is 6.29 Å². The molecule has 6 heteroatoms. The molecule has 0 spiro atoms. The summed E-state index contributed by atoms with van der Waals surface area (Å²) in [7, 11) is 6.24. The average Bonchev–Trinajstić information content (AvgIpc) is 2.73. The lowest BCUT2D eigenvalue weighted by molar-refractivity contribution is 0.111. The number of likely N-dealkylation sites (N-methyl/N-ethyl adjacent to an activating group) is 1. The molecule has 1 atom stereocenters. The molecule has 112 valence electrons. The van der Waals surface area contributed by atoms with E-state index < -0.39 is 0 Å². The first kappa shape index (κ1) is 15.5. The second-order valence-electron chi connectivity index (χ2n) is 5.72. The van der Waals surface area contributed by atoms with E-state index in [0.29, 0.717) is 5.25 Å². The number of carbonyl (C=O) groups excluding carboxylic acids is 1. The number of nitrogens with zero attached hydrogens (tertiary/aromatic N) is 4. The maximum Gasteiger partial charge on any atom is 0.168 e. The molecule has 0 amide bonds.